The van der Waals surface area contributed by atoms with Gasteiger partial charge in [0.25, 0.3) is 0 Å². The summed E-state index contributed by atoms with van der Waals surface area (Å²) >= 11 is 15.0. The maximum atomic E-state index is 9.04. The zero-order chi connectivity index (χ0) is 14.3. The van der Waals surface area contributed by atoms with Gasteiger partial charge in [0, 0.05) is 20.7 Å². The fourth-order valence-electron chi connectivity index (χ4n) is 0. The molecule has 8 nitrogen and oxygen atoms in total. The molecule has 0 aromatic rings. The van der Waals surface area contributed by atoms with Crippen LogP contribution >= 0.6 is 48.9 Å². The predicted octanol–water partition coefficient (Wildman–Crippen LogP) is -5.64. The quantitative estimate of drug-likeness (QED) is 0.222. The molecular formula is C4H8MoN4O4S4. The van der Waals surface area contributed by atoms with Crippen molar-refractivity contribution in [2.45, 2.75) is 0 Å². The van der Waals surface area contributed by atoms with Gasteiger partial charge >= 0.3 is 21.1 Å². The molecule has 17 heavy (non-hydrogen) atoms. The second kappa shape index (κ2) is 24.6. The van der Waals surface area contributed by atoms with E-state index in [2.05, 4.69) is 71.8 Å². The Morgan fingerprint density at radius 3 is 0.529 bits per heavy atom. The SMILES string of the molecule is NC([O-])=S.NC([O-])=S.NC([O-])=S.NC([O-])=S.[Mo+4]. The largest absolute Gasteiger partial charge is 4.00 e. The van der Waals surface area contributed by atoms with Crippen LogP contribution < -0.4 is 43.4 Å². The van der Waals surface area contributed by atoms with Gasteiger partial charge in [-0.3, -0.25) is 0 Å². The van der Waals surface area contributed by atoms with Crippen molar-refractivity contribution in [2.75, 3.05) is 0 Å². The Morgan fingerprint density at radius 2 is 0.529 bits per heavy atom. The Kier molecular flexibility index (Phi) is 43.3. The van der Waals surface area contributed by atoms with Crippen molar-refractivity contribution in [2.24, 2.45) is 22.9 Å². The molecule has 0 aliphatic rings. The summed E-state index contributed by atoms with van der Waals surface area (Å²) in [6, 6.07) is 0. The summed E-state index contributed by atoms with van der Waals surface area (Å²) < 4.78 is 0. The van der Waals surface area contributed by atoms with E-state index in [1.165, 1.54) is 0 Å². The van der Waals surface area contributed by atoms with Crippen molar-refractivity contribution in [3.8, 4) is 0 Å². The van der Waals surface area contributed by atoms with E-state index in [-0.39, 0.29) is 21.1 Å². The molecule has 0 fully saturated rings. The van der Waals surface area contributed by atoms with E-state index in [1.807, 2.05) is 0 Å². The summed E-state index contributed by atoms with van der Waals surface area (Å²) in [5.74, 6) is 0. The molecule has 0 bridgehead atoms. The van der Waals surface area contributed by atoms with Crippen LogP contribution in [0.4, 0.5) is 0 Å². The first-order valence-corrected chi connectivity index (χ1v) is 4.42. The molecule has 0 radical (unpaired) electrons. The molecule has 0 spiro atoms. The first-order valence-electron chi connectivity index (χ1n) is 2.79. The number of thiocarbonyl (C=S) groups is 4. The Hall–Kier alpha value is -0.552. The van der Waals surface area contributed by atoms with Crippen molar-refractivity contribution in [1.29, 1.82) is 0 Å². The number of nitrogens with two attached hydrogens (primary N) is 4. The second-order valence-corrected chi connectivity index (χ2v) is 2.89. The molecule has 98 valence electrons. The first-order chi connectivity index (χ1) is 6.93. The minimum Gasteiger partial charge on any atom is -0.852 e. The Balaban J connectivity index is -0.0000000369. The molecular weight excluding hydrogens is 392 g/mol. The normalized spacial score (nSPS) is 5.65. The molecule has 0 heterocycles. The maximum Gasteiger partial charge on any atom is 4.00 e. The molecule has 0 saturated heterocycles. The van der Waals surface area contributed by atoms with Gasteiger partial charge in [0.05, 0.1) is 0 Å². The Labute approximate surface area is 133 Å². The van der Waals surface area contributed by atoms with Gasteiger partial charge in [-0.25, -0.2) is 0 Å². The van der Waals surface area contributed by atoms with Gasteiger partial charge in [-0.05, 0) is 0 Å². The van der Waals surface area contributed by atoms with E-state index in [0.717, 1.165) is 0 Å². The van der Waals surface area contributed by atoms with Crippen LogP contribution in [0.1, 0.15) is 0 Å². The Bertz CT molecular complexity index is 178. The molecule has 0 rings (SSSR count). The van der Waals surface area contributed by atoms with E-state index in [1.54, 1.807) is 0 Å². The number of rotatable bonds is 0. The molecule has 0 aromatic heterocycles. The molecule has 0 aliphatic heterocycles. The molecule has 8 N–H and O–H groups in total. The van der Waals surface area contributed by atoms with Gasteiger partial charge in [0.1, 0.15) is 0 Å². The Morgan fingerprint density at radius 1 is 0.529 bits per heavy atom. The average molecular weight is 400 g/mol. The summed E-state index contributed by atoms with van der Waals surface area (Å²) in [5.41, 5.74) is 17.1. The summed E-state index contributed by atoms with van der Waals surface area (Å²) in [5, 5.41) is 33.1. The van der Waals surface area contributed by atoms with Gasteiger partial charge in [0.15, 0.2) is 0 Å². The van der Waals surface area contributed by atoms with Gasteiger partial charge in [-0.15, -0.1) is 0 Å². The van der Waals surface area contributed by atoms with Crippen LogP contribution in [-0.2, 0) is 21.1 Å². The summed E-state index contributed by atoms with van der Waals surface area (Å²) in [4.78, 5) is 0. The van der Waals surface area contributed by atoms with Crippen molar-refractivity contribution in [1.82, 2.24) is 0 Å². The van der Waals surface area contributed by atoms with E-state index in [9.17, 15) is 0 Å². The summed E-state index contributed by atoms with van der Waals surface area (Å²) in [7, 11) is 0. The van der Waals surface area contributed by atoms with Crippen molar-refractivity contribution < 1.29 is 41.5 Å². The van der Waals surface area contributed by atoms with Crippen molar-refractivity contribution in [3.63, 3.8) is 0 Å². The zero-order valence-electron chi connectivity index (χ0n) is 7.98. The van der Waals surface area contributed by atoms with Gasteiger partial charge in [-0.2, -0.15) is 0 Å². The van der Waals surface area contributed by atoms with E-state index in [4.69, 9.17) is 20.4 Å². The summed E-state index contributed by atoms with van der Waals surface area (Å²) in [6.07, 6.45) is 0. The van der Waals surface area contributed by atoms with Gasteiger partial charge in [0.2, 0.25) is 0 Å². The third-order valence-corrected chi connectivity index (χ3v) is 0. The average Bonchev–Trinajstić information content (AvgIpc) is 1.76. The van der Waals surface area contributed by atoms with Crippen LogP contribution in [0, 0.1) is 0 Å². The monoisotopic (exact) mass is 402 g/mol. The van der Waals surface area contributed by atoms with Crippen molar-refractivity contribution >= 4 is 69.6 Å². The van der Waals surface area contributed by atoms with Crippen LogP contribution in [-0.4, -0.2) is 20.7 Å². The van der Waals surface area contributed by atoms with E-state index < -0.39 is 20.7 Å². The standard InChI is InChI=1S/4CH3NOS.Mo/c4*2-1(3)4;/h4*(H3,2,3,4);/q;;;;+4/p-4. The fourth-order valence-corrected chi connectivity index (χ4v) is 0. The van der Waals surface area contributed by atoms with Crippen molar-refractivity contribution in [3.05, 3.63) is 0 Å². The van der Waals surface area contributed by atoms with E-state index in [0.29, 0.717) is 0 Å². The smallest absolute Gasteiger partial charge is 0.852 e. The number of hydrogen-bond donors (Lipinski definition) is 4. The number of hydrogen-bond acceptors (Lipinski definition) is 8. The predicted molar refractivity (Wildman–Crippen MR) is 67.1 cm³/mol. The molecule has 0 saturated carbocycles. The third-order valence-electron chi connectivity index (χ3n) is 0. The minimum absolute atomic E-state index is 0. The van der Waals surface area contributed by atoms with Gasteiger partial charge < -0.3 is 43.4 Å². The van der Waals surface area contributed by atoms with Gasteiger partial charge in [-0.1, -0.05) is 48.9 Å². The second-order valence-electron chi connectivity index (χ2n) is 1.28. The topological polar surface area (TPSA) is 196 Å². The van der Waals surface area contributed by atoms with Crippen LogP contribution in [0.2, 0.25) is 0 Å². The molecule has 0 amide bonds. The van der Waals surface area contributed by atoms with Crippen LogP contribution in [0.5, 0.6) is 0 Å². The minimum atomic E-state index is -0.750. The first kappa shape index (κ1) is 30.0. The molecule has 0 aliphatic carbocycles. The fraction of sp³-hybridized carbons (Fsp3) is 0. The van der Waals surface area contributed by atoms with Crippen LogP contribution in [0.15, 0.2) is 0 Å². The summed E-state index contributed by atoms with van der Waals surface area (Å²) in [6.45, 7) is 0. The van der Waals surface area contributed by atoms with E-state index >= 15 is 0 Å². The molecule has 0 unspecified atom stereocenters. The molecule has 0 aromatic carbocycles. The zero-order valence-corrected chi connectivity index (χ0v) is 13.3. The van der Waals surface area contributed by atoms with Crippen LogP contribution in [0.3, 0.4) is 0 Å². The molecule has 13 heteroatoms. The molecule has 0 atom stereocenters. The van der Waals surface area contributed by atoms with Crippen LogP contribution in [0.25, 0.3) is 0 Å². The third kappa shape index (κ3) is 9180. The maximum absolute atomic E-state index is 9.04.